The molecule has 0 aliphatic carbocycles. The second-order valence-electron chi connectivity index (χ2n) is 8.38. The van der Waals surface area contributed by atoms with Gasteiger partial charge < -0.3 is 10.2 Å². The van der Waals surface area contributed by atoms with Gasteiger partial charge in [-0.25, -0.2) is 4.68 Å². The van der Waals surface area contributed by atoms with E-state index in [9.17, 15) is 22.8 Å². The summed E-state index contributed by atoms with van der Waals surface area (Å²) >= 11 is 0. The summed E-state index contributed by atoms with van der Waals surface area (Å²) in [6.45, 7) is 1.84. The first kappa shape index (κ1) is 25.7. The van der Waals surface area contributed by atoms with Crippen LogP contribution < -0.4 is 5.32 Å². The summed E-state index contributed by atoms with van der Waals surface area (Å²) in [6.07, 6.45) is -3.93. The number of benzene rings is 3. The molecule has 0 bridgehead atoms. The molecular weight excluding hydrogens is 481 g/mol. The van der Waals surface area contributed by atoms with E-state index in [1.165, 1.54) is 4.90 Å². The molecule has 0 fully saturated rings. The van der Waals surface area contributed by atoms with E-state index in [0.29, 0.717) is 17.9 Å². The van der Waals surface area contributed by atoms with Crippen LogP contribution in [0.3, 0.4) is 0 Å². The predicted molar refractivity (Wildman–Crippen MR) is 135 cm³/mol. The Morgan fingerprint density at radius 3 is 2.14 bits per heavy atom. The lowest BCUT2D eigenvalue weighted by Gasteiger charge is -2.22. The number of para-hydroxylation sites is 1. The Morgan fingerprint density at radius 2 is 1.54 bits per heavy atom. The minimum atomic E-state index is -4.50. The van der Waals surface area contributed by atoms with Crippen molar-refractivity contribution in [1.82, 2.24) is 14.7 Å². The molecule has 1 aromatic heterocycles. The number of carbonyl (C=O) groups is 2. The van der Waals surface area contributed by atoms with Gasteiger partial charge in [0, 0.05) is 23.7 Å². The van der Waals surface area contributed by atoms with Crippen LogP contribution in [0.4, 0.5) is 19.0 Å². The van der Waals surface area contributed by atoms with Crippen LogP contribution in [-0.4, -0.2) is 39.6 Å². The molecule has 3 aromatic carbocycles. The third-order valence-corrected chi connectivity index (χ3v) is 5.62. The van der Waals surface area contributed by atoms with Crippen LogP contribution in [0.1, 0.15) is 29.3 Å². The van der Waals surface area contributed by atoms with Gasteiger partial charge in [-0.1, -0.05) is 55.5 Å². The number of halogens is 3. The molecule has 0 saturated heterocycles. The van der Waals surface area contributed by atoms with Crippen molar-refractivity contribution in [3.63, 3.8) is 0 Å². The molecular formula is C28H25F3N4O2. The van der Waals surface area contributed by atoms with Crippen LogP contribution in [0, 0.1) is 0 Å². The maximum Gasteiger partial charge on any atom is 0.416 e. The van der Waals surface area contributed by atoms with Gasteiger partial charge in [0.05, 0.1) is 16.9 Å². The number of hydrogen-bond donors (Lipinski definition) is 1. The smallest absolute Gasteiger partial charge is 0.329 e. The van der Waals surface area contributed by atoms with Crippen molar-refractivity contribution < 1.29 is 22.8 Å². The van der Waals surface area contributed by atoms with Crippen molar-refractivity contribution >= 4 is 17.6 Å². The molecule has 0 aliphatic rings. The lowest BCUT2D eigenvalue weighted by atomic mass is 10.1. The van der Waals surface area contributed by atoms with Crippen molar-refractivity contribution in [2.45, 2.75) is 19.5 Å². The molecule has 0 unspecified atom stereocenters. The van der Waals surface area contributed by atoms with E-state index in [4.69, 9.17) is 0 Å². The summed E-state index contributed by atoms with van der Waals surface area (Å²) in [5.74, 6) is -0.550. The number of alkyl halides is 3. The highest BCUT2D eigenvalue weighted by Crippen LogP contribution is 2.29. The fourth-order valence-corrected chi connectivity index (χ4v) is 3.85. The Balaban J connectivity index is 1.55. The van der Waals surface area contributed by atoms with E-state index in [0.717, 1.165) is 35.5 Å². The monoisotopic (exact) mass is 506 g/mol. The number of nitrogens with one attached hydrogen (secondary N) is 1. The topological polar surface area (TPSA) is 67.2 Å². The van der Waals surface area contributed by atoms with E-state index in [1.54, 1.807) is 10.7 Å². The summed E-state index contributed by atoms with van der Waals surface area (Å²) in [5, 5.41) is 7.50. The predicted octanol–water partition coefficient (Wildman–Crippen LogP) is 6.05. The normalized spacial score (nSPS) is 11.2. The highest BCUT2D eigenvalue weighted by atomic mass is 19.4. The van der Waals surface area contributed by atoms with Crippen LogP contribution >= 0.6 is 0 Å². The molecule has 9 heteroatoms. The zero-order chi connectivity index (χ0) is 26.4. The maximum absolute atomic E-state index is 13.1. The molecule has 1 heterocycles. The van der Waals surface area contributed by atoms with E-state index < -0.39 is 23.6 Å². The van der Waals surface area contributed by atoms with Gasteiger partial charge in [0.25, 0.3) is 5.91 Å². The fourth-order valence-electron chi connectivity index (χ4n) is 3.85. The van der Waals surface area contributed by atoms with Crippen LogP contribution in [0.15, 0.2) is 91.0 Å². The van der Waals surface area contributed by atoms with Crippen molar-refractivity contribution in [3.8, 4) is 16.9 Å². The van der Waals surface area contributed by atoms with E-state index >= 15 is 0 Å². The van der Waals surface area contributed by atoms with Crippen LogP contribution in [0.25, 0.3) is 16.9 Å². The minimum Gasteiger partial charge on any atom is -0.329 e. The average molecular weight is 507 g/mol. The van der Waals surface area contributed by atoms with Crippen LogP contribution in [0.2, 0.25) is 0 Å². The summed E-state index contributed by atoms with van der Waals surface area (Å²) in [6, 6.07) is 24.5. The molecule has 6 nitrogen and oxygen atoms in total. The van der Waals surface area contributed by atoms with E-state index in [1.807, 2.05) is 67.6 Å². The van der Waals surface area contributed by atoms with Gasteiger partial charge in [-0.3, -0.25) is 9.59 Å². The number of amides is 2. The van der Waals surface area contributed by atoms with Gasteiger partial charge in [-0.15, -0.1) is 0 Å². The zero-order valence-corrected chi connectivity index (χ0v) is 20.1. The molecule has 2 amide bonds. The van der Waals surface area contributed by atoms with Crippen molar-refractivity contribution in [2.24, 2.45) is 0 Å². The molecule has 0 aliphatic heterocycles. The molecule has 0 spiro atoms. The van der Waals surface area contributed by atoms with Gasteiger partial charge in [0.1, 0.15) is 12.4 Å². The number of aromatic nitrogens is 2. The number of nitrogens with zero attached hydrogens (tertiary/aromatic N) is 3. The van der Waals surface area contributed by atoms with Gasteiger partial charge in [0.15, 0.2) is 0 Å². The Morgan fingerprint density at radius 1 is 0.919 bits per heavy atom. The van der Waals surface area contributed by atoms with Gasteiger partial charge in [0.2, 0.25) is 5.91 Å². The molecule has 4 aromatic rings. The summed E-state index contributed by atoms with van der Waals surface area (Å²) in [7, 11) is 0. The van der Waals surface area contributed by atoms with Gasteiger partial charge >= 0.3 is 6.18 Å². The lowest BCUT2D eigenvalue weighted by Crippen LogP contribution is -2.38. The quantitative estimate of drug-likeness (QED) is 0.316. The number of anilines is 1. The molecule has 0 saturated carbocycles. The third-order valence-electron chi connectivity index (χ3n) is 5.62. The minimum absolute atomic E-state index is 0.0786. The fraction of sp³-hybridized carbons (Fsp3) is 0.179. The third kappa shape index (κ3) is 6.24. The molecule has 190 valence electrons. The standard InChI is InChI=1S/C28H25F3N4O2/c1-2-17-34(27(37)21-13-15-22(16-14-21)28(29,30)31)19-26(36)32-25-18-24(20-9-5-3-6-10-20)33-35(25)23-11-7-4-8-12-23/h3-16,18H,2,17,19H2,1H3,(H,32,36). The summed E-state index contributed by atoms with van der Waals surface area (Å²) < 4.78 is 40.3. The van der Waals surface area contributed by atoms with Crippen molar-refractivity contribution in [2.75, 3.05) is 18.4 Å². The second kappa shape index (κ2) is 11.1. The highest BCUT2D eigenvalue weighted by Gasteiger charge is 2.30. The van der Waals surface area contributed by atoms with Crippen LogP contribution in [-0.2, 0) is 11.0 Å². The van der Waals surface area contributed by atoms with Crippen molar-refractivity contribution in [3.05, 3.63) is 102 Å². The Labute approximate surface area is 212 Å². The molecule has 0 atom stereocenters. The Hall–Kier alpha value is -4.40. The number of hydrogen-bond acceptors (Lipinski definition) is 3. The number of rotatable bonds is 8. The zero-order valence-electron chi connectivity index (χ0n) is 20.1. The van der Waals surface area contributed by atoms with E-state index in [-0.39, 0.29) is 18.7 Å². The Bertz CT molecular complexity index is 1350. The van der Waals surface area contributed by atoms with Crippen molar-refractivity contribution in [1.29, 1.82) is 0 Å². The first-order valence-electron chi connectivity index (χ1n) is 11.7. The van der Waals surface area contributed by atoms with Crippen LogP contribution in [0.5, 0.6) is 0 Å². The first-order chi connectivity index (χ1) is 17.8. The Kier molecular flexibility index (Phi) is 7.71. The van der Waals surface area contributed by atoms with Gasteiger partial charge in [-0.2, -0.15) is 18.3 Å². The molecule has 37 heavy (non-hydrogen) atoms. The summed E-state index contributed by atoms with van der Waals surface area (Å²) in [5.41, 5.74) is 1.51. The largest absolute Gasteiger partial charge is 0.416 e. The average Bonchev–Trinajstić information content (AvgIpc) is 3.32. The highest BCUT2D eigenvalue weighted by molar-refractivity contribution is 5.99. The molecule has 1 N–H and O–H groups in total. The molecule has 4 rings (SSSR count). The lowest BCUT2D eigenvalue weighted by molar-refractivity contribution is -0.137. The SMILES string of the molecule is CCCN(CC(=O)Nc1cc(-c2ccccc2)nn1-c1ccccc1)C(=O)c1ccc(C(F)(F)F)cc1. The second-order valence-corrected chi connectivity index (χ2v) is 8.38. The summed E-state index contributed by atoms with van der Waals surface area (Å²) in [4.78, 5) is 27.4. The molecule has 0 radical (unpaired) electrons. The maximum atomic E-state index is 13.1. The number of carbonyl (C=O) groups excluding carboxylic acids is 2. The van der Waals surface area contributed by atoms with Gasteiger partial charge in [-0.05, 0) is 42.8 Å². The first-order valence-corrected chi connectivity index (χ1v) is 11.7. The van der Waals surface area contributed by atoms with E-state index in [2.05, 4.69) is 10.4 Å².